The summed E-state index contributed by atoms with van der Waals surface area (Å²) in [5, 5.41) is 12.1. The number of carboxylic acid groups (broad SMARTS) is 1. The molecule has 0 aliphatic carbocycles. The molecule has 1 rings (SSSR count). The van der Waals surface area contributed by atoms with Crippen molar-refractivity contribution in [3.63, 3.8) is 0 Å². The number of rotatable bonds is 4. The number of hydrogen-bond acceptors (Lipinski definition) is 2. The van der Waals surface area contributed by atoms with Crippen LogP contribution in [-0.4, -0.2) is 17.1 Å². The molecule has 0 fully saturated rings. The van der Waals surface area contributed by atoms with E-state index in [-0.39, 0.29) is 0 Å². The van der Waals surface area contributed by atoms with Crippen LogP contribution >= 0.6 is 0 Å². The largest absolute Gasteiger partial charge is 0.478 e. The Labute approximate surface area is 90.1 Å². The number of benzene rings is 1. The average Bonchev–Trinajstić information content (AvgIpc) is 2.14. The van der Waals surface area contributed by atoms with Crippen molar-refractivity contribution < 1.29 is 9.90 Å². The Bertz CT molecular complexity index is 359. The molecule has 0 spiro atoms. The molecule has 0 atom stereocenters. The van der Waals surface area contributed by atoms with E-state index in [9.17, 15) is 4.79 Å². The van der Waals surface area contributed by atoms with Crippen LogP contribution < -0.4 is 5.32 Å². The van der Waals surface area contributed by atoms with Crippen molar-refractivity contribution in [3.8, 4) is 0 Å². The zero-order valence-electron chi connectivity index (χ0n) is 9.37. The molecule has 1 aromatic rings. The van der Waals surface area contributed by atoms with Gasteiger partial charge in [-0.25, -0.2) is 4.79 Å². The molecule has 0 amide bonds. The Kier molecular flexibility index (Phi) is 3.86. The van der Waals surface area contributed by atoms with Crippen LogP contribution in [0.25, 0.3) is 0 Å². The topological polar surface area (TPSA) is 49.3 Å². The van der Waals surface area contributed by atoms with E-state index in [1.165, 1.54) is 0 Å². The number of nitrogens with one attached hydrogen (secondary N) is 1. The summed E-state index contributed by atoms with van der Waals surface area (Å²) in [6, 6.07) is 5.86. The molecule has 0 heterocycles. The Morgan fingerprint density at radius 2 is 2.13 bits per heavy atom. The number of aromatic carboxylic acids is 1. The van der Waals surface area contributed by atoms with Crippen molar-refractivity contribution in [2.45, 2.75) is 33.4 Å². The number of carboxylic acids is 1. The predicted molar refractivity (Wildman–Crippen MR) is 60.1 cm³/mol. The van der Waals surface area contributed by atoms with Crippen molar-refractivity contribution in [3.05, 3.63) is 34.9 Å². The number of aryl methyl sites for hydroxylation is 1. The summed E-state index contributed by atoms with van der Waals surface area (Å²) >= 11 is 0. The molecule has 3 nitrogen and oxygen atoms in total. The van der Waals surface area contributed by atoms with Crippen LogP contribution in [-0.2, 0) is 6.54 Å². The van der Waals surface area contributed by atoms with E-state index in [1.807, 2.05) is 19.1 Å². The van der Waals surface area contributed by atoms with E-state index < -0.39 is 5.97 Å². The summed E-state index contributed by atoms with van der Waals surface area (Å²) in [4.78, 5) is 10.8. The minimum Gasteiger partial charge on any atom is -0.478 e. The first kappa shape index (κ1) is 11.7. The third-order valence-corrected chi connectivity index (χ3v) is 2.24. The normalized spacial score (nSPS) is 10.7. The molecule has 82 valence electrons. The van der Waals surface area contributed by atoms with Crippen LogP contribution in [0.15, 0.2) is 18.2 Å². The molecule has 1 aromatic carbocycles. The minimum atomic E-state index is -0.865. The molecular formula is C12H17NO2. The molecule has 0 radical (unpaired) electrons. The third-order valence-electron chi connectivity index (χ3n) is 2.24. The Morgan fingerprint density at radius 1 is 1.47 bits per heavy atom. The van der Waals surface area contributed by atoms with Gasteiger partial charge in [0.05, 0.1) is 5.56 Å². The molecule has 2 N–H and O–H groups in total. The Morgan fingerprint density at radius 3 is 2.60 bits per heavy atom. The third kappa shape index (κ3) is 3.36. The summed E-state index contributed by atoms with van der Waals surface area (Å²) in [7, 11) is 0. The monoisotopic (exact) mass is 207 g/mol. The molecular weight excluding hydrogens is 190 g/mol. The van der Waals surface area contributed by atoms with Crippen LogP contribution in [0.5, 0.6) is 0 Å². The van der Waals surface area contributed by atoms with Crippen molar-refractivity contribution in [1.82, 2.24) is 5.32 Å². The maximum atomic E-state index is 10.8. The van der Waals surface area contributed by atoms with Crippen LogP contribution in [0.3, 0.4) is 0 Å². The van der Waals surface area contributed by atoms with Crippen molar-refractivity contribution in [1.29, 1.82) is 0 Å². The van der Waals surface area contributed by atoms with Gasteiger partial charge >= 0.3 is 5.97 Å². The summed E-state index contributed by atoms with van der Waals surface area (Å²) in [6.07, 6.45) is 0. The summed E-state index contributed by atoms with van der Waals surface area (Å²) in [5.74, 6) is -0.865. The highest BCUT2D eigenvalue weighted by molar-refractivity contribution is 5.89. The second kappa shape index (κ2) is 4.94. The second-order valence-corrected chi connectivity index (χ2v) is 3.99. The van der Waals surface area contributed by atoms with E-state index in [0.717, 1.165) is 17.7 Å². The van der Waals surface area contributed by atoms with Gasteiger partial charge in [-0.05, 0) is 24.1 Å². The highest BCUT2D eigenvalue weighted by atomic mass is 16.4. The second-order valence-electron chi connectivity index (χ2n) is 3.99. The zero-order chi connectivity index (χ0) is 11.4. The fourth-order valence-electron chi connectivity index (χ4n) is 1.40. The summed E-state index contributed by atoms with van der Waals surface area (Å²) in [5.41, 5.74) is 2.31. The van der Waals surface area contributed by atoms with Gasteiger partial charge in [0, 0.05) is 12.6 Å². The van der Waals surface area contributed by atoms with E-state index in [4.69, 9.17) is 5.11 Å². The van der Waals surface area contributed by atoms with Crippen molar-refractivity contribution in [2.75, 3.05) is 0 Å². The molecule has 0 saturated carbocycles. The lowest BCUT2D eigenvalue weighted by molar-refractivity contribution is 0.0696. The van der Waals surface area contributed by atoms with Crippen molar-refractivity contribution >= 4 is 5.97 Å². The molecule has 0 unspecified atom stereocenters. The molecule has 0 saturated heterocycles. The van der Waals surface area contributed by atoms with E-state index in [0.29, 0.717) is 11.6 Å². The van der Waals surface area contributed by atoms with E-state index in [2.05, 4.69) is 19.2 Å². The number of hydrogen-bond donors (Lipinski definition) is 2. The lowest BCUT2D eigenvalue weighted by atomic mass is 10.1. The molecule has 3 heteroatoms. The van der Waals surface area contributed by atoms with E-state index >= 15 is 0 Å². The van der Waals surface area contributed by atoms with E-state index in [1.54, 1.807) is 6.07 Å². The summed E-state index contributed by atoms with van der Waals surface area (Å²) < 4.78 is 0. The van der Waals surface area contributed by atoms with Gasteiger partial charge in [-0.3, -0.25) is 0 Å². The predicted octanol–water partition coefficient (Wildman–Crippen LogP) is 2.19. The van der Waals surface area contributed by atoms with Crippen LogP contribution in [0.1, 0.15) is 35.3 Å². The first-order valence-corrected chi connectivity index (χ1v) is 5.07. The number of carbonyl (C=O) groups is 1. The first-order chi connectivity index (χ1) is 7.00. The van der Waals surface area contributed by atoms with Crippen LogP contribution in [0.4, 0.5) is 0 Å². The highest BCUT2D eigenvalue weighted by Gasteiger charge is 2.06. The fraction of sp³-hybridized carbons (Fsp3) is 0.417. The maximum absolute atomic E-state index is 10.8. The SMILES string of the molecule is Cc1cc(CNC(C)C)ccc1C(=O)O. The van der Waals surface area contributed by atoms with Gasteiger partial charge in [-0.1, -0.05) is 26.0 Å². The zero-order valence-corrected chi connectivity index (χ0v) is 9.37. The average molecular weight is 207 g/mol. The van der Waals surface area contributed by atoms with Crippen molar-refractivity contribution in [2.24, 2.45) is 0 Å². The first-order valence-electron chi connectivity index (χ1n) is 5.07. The molecule has 0 aliphatic heterocycles. The van der Waals surface area contributed by atoms with Gasteiger partial charge in [-0.15, -0.1) is 0 Å². The molecule has 0 bridgehead atoms. The fourth-order valence-corrected chi connectivity index (χ4v) is 1.40. The van der Waals surface area contributed by atoms with Gasteiger partial charge in [0.25, 0.3) is 0 Å². The molecule has 0 aliphatic rings. The quantitative estimate of drug-likeness (QED) is 0.795. The lowest BCUT2D eigenvalue weighted by Crippen LogP contribution is -2.21. The van der Waals surface area contributed by atoms with Gasteiger partial charge in [0.2, 0.25) is 0 Å². The molecule has 0 aromatic heterocycles. The van der Waals surface area contributed by atoms with Gasteiger partial charge in [0.1, 0.15) is 0 Å². The van der Waals surface area contributed by atoms with Crippen LogP contribution in [0, 0.1) is 6.92 Å². The maximum Gasteiger partial charge on any atom is 0.335 e. The minimum absolute atomic E-state index is 0.378. The molecule has 15 heavy (non-hydrogen) atoms. The Balaban J connectivity index is 2.78. The highest BCUT2D eigenvalue weighted by Crippen LogP contribution is 2.11. The standard InChI is InChI=1S/C12H17NO2/c1-8(2)13-7-10-4-5-11(12(14)15)9(3)6-10/h4-6,8,13H,7H2,1-3H3,(H,14,15). The van der Waals surface area contributed by atoms with Gasteiger partial charge in [0.15, 0.2) is 0 Å². The van der Waals surface area contributed by atoms with Gasteiger partial charge < -0.3 is 10.4 Å². The Hall–Kier alpha value is -1.35. The van der Waals surface area contributed by atoms with Gasteiger partial charge in [-0.2, -0.15) is 0 Å². The lowest BCUT2D eigenvalue weighted by Gasteiger charge is -2.09. The van der Waals surface area contributed by atoms with Crippen LogP contribution in [0.2, 0.25) is 0 Å². The smallest absolute Gasteiger partial charge is 0.335 e. The summed E-state index contributed by atoms with van der Waals surface area (Å²) in [6.45, 7) is 6.76.